The zero-order valence-electron chi connectivity index (χ0n) is 16.0. The fourth-order valence-electron chi connectivity index (χ4n) is 2.73. The molecule has 2 aromatic heterocycles. The Morgan fingerprint density at radius 3 is 2.61 bits per heavy atom. The Hall–Kier alpha value is -3.21. The van der Waals surface area contributed by atoms with Crippen LogP contribution in [0.2, 0.25) is 0 Å². The van der Waals surface area contributed by atoms with E-state index in [0.29, 0.717) is 26.9 Å². The second kappa shape index (κ2) is 8.88. The lowest BCUT2D eigenvalue weighted by atomic mass is 10.1. The number of nitrogens with one attached hydrogen (secondary N) is 1. The minimum atomic E-state index is -0.430. The standard InChI is InChI=1S/C21H14N2O5S3/c1-27-20(26)13-6-4-12(5-7-13)15-9-8-14(28-15)11-17-19(25)23(21(29)31-17)22-18(24)16-3-2-10-30-16/h2-11H,1H3,(H,22,24)/b17-11+. The highest BCUT2D eigenvalue weighted by Crippen LogP contribution is 2.33. The zero-order chi connectivity index (χ0) is 22.0. The zero-order valence-corrected chi connectivity index (χ0v) is 18.4. The van der Waals surface area contributed by atoms with Crippen molar-refractivity contribution in [3.05, 3.63) is 75.0 Å². The SMILES string of the molecule is COC(=O)c1ccc(-c2ccc(/C=C3/SC(=S)N(NC(=O)c4cccs4)C3=O)o2)cc1. The lowest BCUT2D eigenvalue weighted by Crippen LogP contribution is -2.44. The molecule has 0 atom stereocenters. The lowest BCUT2D eigenvalue weighted by molar-refractivity contribution is -0.123. The van der Waals surface area contributed by atoms with E-state index in [1.807, 2.05) is 0 Å². The summed E-state index contributed by atoms with van der Waals surface area (Å²) in [4.78, 5) is 37.3. The summed E-state index contributed by atoms with van der Waals surface area (Å²) in [6, 6.07) is 13.7. The normalized spacial score (nSPS) is 14.9. The predicted molar refractivity (Wildman–Crippen MR) is 122 cm³/mol. The maximum absolute atomic E-state index is 12.7. The van der Waals surface area contributed by atoms with Crippen molar-refractivity contribution in [3.63, 3.8) is 0 Å². The number of rotatable bonds is 5. The van der Waals surface area contributed by atoms with Crippen molar-refractivity contribution in [2.24, 2.45) is 0 Å². The smallest absolute Gasteiger partial charge is 0.337 e. The summed E-state index contributed by atoms with van der Waals surface area (Å²) >= 11 is 7.58. The molecule has 4 rings (SSSR count). The van der Waals surface area contributed by atoms with Crippen LogP contribution in [-0.2, 0) is 9.53 Å². The fraction of sp³-hybridized carbons (Fsp3) is 0.0476. The van der Waals surface area contributed by atoms with Gasteiger partial charge >= 0.3 is 5.97 Å². The van der Waals surface area contributed by atoms with Gasteiger partial charge in [0.15, 0.2) is 4.32 Å². The van der Waals surface area contributed by atoms with E-state index in [4.69, 9.17) is 16.6 Å². The van der Waals surface area contributed by atoms with E-state index in [9.17, 15) is 14.4 Å². The van der Waals surface area contributed by atoms with E-state index in [1.54, 1.807) is 60.0 Å². The number of furan rings is 1. The first kappa shape index (κ1) is 21.0. The maximum Gasteiger partial charge on any atom is 0.337 e. The van der Waals surface area contributed by atoms with Crippen LogP contribution in [0, 0.1) is 0 Å². The average molecular weight is 471 g/mol. The highest BCUT2D eigenvalue weighted by Gasteiger charge is 2.34. The predicted octanol–water partition coefficient (Wildman–Crippen LogP) is 4.34. The van der Waals surface area contributed by atoms with Crippen molar-refractivity contribution < 1.29 is 23.5 Å². The molecule has 3 aromatic rings. The van der Waals surface area contributed by atoms with Gasteiger partial charge in [0, 0.05) is 11.6 Å². The molecule has 1 saturated heterocycles. The van der Waals surface area contributed by atoms with Gasteiger partial charge in [-0.2, -0.15) is 5.01 Å². The largest absolute Gasteiger partial charge is 0.465 e. The summed E-state index contributed by atoms with van der Waals surface area (Å²) in [6.07, 6.45) is 1.57. The Balaban J connectivity index is 1.49. The lowest BCUT2D eigenvalue weighted by Gasteiger charge is -2.14. The van der Waals surface area contributed by atoms with Gasteiger partial charge in [0.2, 0.25) is 0 Å². The topological polar surface area (TPSA) is 88.9 Å². The van der Waals surface area contributed by atoms with Gasteiger partial charge in [0.25, 0.3) is 11.8 Å². The van der Waals surface area contributed by atoms with Crippen LogP contribution >= 0.6 is 35.3 Å². The van der Waals surface area contributed by atoms with Gasteiger partial charge in [0.05, 0.1) is 22.5 Å². The second-order valence-electron chi connectivity index (χ2n) is 6.21. The van der Waals surface area contributed by atoms with E-state index in [2.05, 4.69) is 10.2 Å². The van der Waals surface area contributed by atoms with E-state index < -0.39 is 17.8 Å². The average Bonchev–Trinajstić information content (AvgIpc) is 3.52. The van der Waals surface area contributed by atoms with Crippen LogP contribution in [-0.4, -0.2) is 34.2 Å². The van der Waals surface area contributed by atoms with Crippen LogP contribution in [0.25, 0.3) is 17.4 Å². The van der Waals surface area contributed by atoms with Crippen LogP contribution in [0.3, 0.4) is 0 Å². The molecule has 10 heteroatoms. The summed E-state index contributed by atoms with van der Waals surface area (Å²) < 4.78 is 10.7. The Kier molecular flexibility index (Phi) is 6.03. The molecule has 1 N–H and O–H groups in total. The van der Waals surface area contributed by atoms with Crippen LogP contribution < -0.4 is 5.43 Å². The quantitative estimate of drug-likeness (QED) is 0.337. The number of hydrogen-bond donors (Lipinski definition) is 1. The van der Waals surface area contributed by atoms with Crippen molar-refractivity contribution >= 4 is 63.5 Å². The number of amides is 2. The Labute approximate surface area is 190 Å². The Morgan fingerprint density at radius 2 is 1.94 bits per heavy atom. The van der Waals surface area contributed by atoms with Crippen molar-refractivity contribution in [2.45, 2.75) is 0 Å². The summed E-state index contributed by atoms with van der Waals surface area (Å²) in [5.74, 6) is -0.218. The molecule has 7 nitrogen and oxygen atoms in total. The second-order valence-corrected chi connectivity index (χ2v) is 8.83. The third kappa shape index (κ3) is 4.46. The molecular weight excluding hydrogens is 456 g/mol. The van der Waals surface area contributed by atoms with E-state index in [-0.39, 0.29) is 4.32 Å². The third-order valence-electron chi connectivity index (χ3n) is 4.24. The van der Waals surface area contributed by atoms with Gasteiger partial charge in [-0.15, -0.1) is 11.3 Å². The number of ether oxygens (including phenoxy) is 1. The molecule has 31 heavy (non-hydrogen) atoms. The molecule has 1 fully saturated rings. The highest BCUT2D eigenvalue weighted by atomic mass is 32.2. The maximum atomic E-state index is 12.7. The fourth-order valence-corrected chi connectivity index (χ4v) is 4.50. The number of thiocarbonyl (C=S) groups is 1. The monoisotopic (exact) mass is 470 g/mol. The molecule has 3 heterocycles. The molecular formula is C21H14N2O5S3. The molecule has 2 amide bonds. The molecule has 0 unspecified atom stereocenters. The molecule has 0 radical (unpaired) electrons. The highest BCUT2D eigenvalue weighted by molar-refractivity contribution is 8.26. The van der Waals surface area contributed by atoms with E-state index in [1.165, 1.54) is 18.4 Å². The number of hydrazine groups is 1. The molecule has 1 aliphatic rings. The summed E-state index contributed by atoms with van der Waals surface area (Å²) in [5, 5.41) is 2.83. The van der Waals surface area contributed by atoms with Crippen LogP contribution in [0.4, 0.5) is 0 Å². The first-order chi connectivity index (χ1) is 15.0. The summed E-state index contributed by atoms with van der Waals surface area (Å²) in [6.45, 7) is 0. The van der Waals surface area contributed by atoms with Gasteiger partial charge in [-0.25, -0.2) is 4.79 Å². The number of nitrogens with zero attached hydrogens (tertiary/aromatic N) is 1. The minimum absolute atomic E-state index is 0.228. The summed E-state index contributed by atoms with van der Waals surface area (Å²) in [7, 11) is 1.32. The molecule has 156 valence electrons. The third-order valence-corrected chi connectivity index (χ3v) is 6.41. The Bertz CT molecular complexity index is 1200. The molecule has 1 aromatic carbocycles. The van der Waals surface area contributed by atoms with E-state index in [0.717, 1.165) is 22.3 Å². The summed E-state index contributed by atoms with van der Waals surface area (Å²) in [5.41, 5.74) is 3.73. The number of carbonyl (C=O) groups is 3. The first-order valence-corrected chi connectivity index (χ1v) is 11.0. The molecule has 0 saturated carbocycles. The molecule has 0 aliphatic carbocycles. The van der Waals surface area contributed by atoms with Crippen molar-refractivity contribution in [3.8, 4) is 11.3 Å². The van der Waals surface area contributed by atoms with Crippen molar-refractivity contribution in [1.82, 2.24) is 10.4 Å². The number of thioether (sulfide) groups is 1. The van der Waals surface area contributed by atoms with E-state index >= 15 is 0 Å². The van der Waals surface area contributed by atoms with Crippen molar-refractivity contribution in [2.75, 3.05) is 7.11 Å². The number of esters is 1. The first-order valence-electron chi connectivity index (χ1n) is 8.87. The van der Waals surface area contributed by atoms with Gasteiger partial charge < -0.3 is 9.15 Å². The number of benzene rings is 1. The van der Waals surface area contributed by atoms with Gasteiger partial charge in [0.1, 0.15) is 11.5 Å². The van der Waals surface area contributed by atoms with Crippen LogP contribution in [0.15, 0.2) is 63.2 Å². The van der Waals surface area contributed by atoms with Crippen molar-refractivity contribution in [1.29, 1.82) is 0 Å². The number of carbonyl (C=O) groups excluding carboxylic acids is 3. The minimum Gasteiger partial charge on any atom is -0.465 e. The van der Waals surface area contributed by atoms with Gasteiger partial charge in [-0.3, -0.25) is 15.0 Å². The molecule has 0 spiro atoms. The number of methoxy groups -OCH3 is 1. The number of hydrogen-bond acceptors (Lipinski definition) is 8. The molecule has 1 aliphatic heterocycles. The van der Waals surface area contributed by atoms with Crippen LogP contribution in [0.1, 0.15) is 25.8 Å². The Morgan fingerprint density at radius 1 is 1.16 bits per heavy atom. The molecule has 0 bridgehead atoms. The van der Waals surface area contributed by atoms with Crippen LogP contribution in [0.5, 0.6) is 0 Å². The number of thiophene rings is 1. The van der Waals surface area contributed by atoms with Gasteiger partial charge in [-0.1, -0.05) is 30.0 Å². The van der Waals surface area contributed by atoms with Gasteiger partial charge in [-0.05, 0) is 47.9 Å².